The molecule has 19 heavy (non-hydrogen) atoms. The Morgan fingerprint density at radius 2 is 2.26 bits per heavy atom. The zero-order valence-electron chi connectivity index (χ0n) is 11.9. The highest BCUT2D eigenvalue weighted by Crippen LogP contribution is 2.27. The minimum absolute atomic E-state index is 0.0961. The molecule has 1 aliphatic carbocycles. The van der Waals surface area contributed by atoms with Gasteiger partial charge in [0, 0.05) is 25.3 Å². The van der Waals surface area contributed by atoms with E-state index in [1.54, 1.807) is 0 Å². The molecule has 2 aliphatic rings. The molecule has 0 aromatic carbocycles. The highest BCUT2D eigenvalue weighted by atomic mass is 16.5. The molecule has 1 aromatic rings. The van der Waals surface area contributed by atoms with Crippen molar-refractivity contribution in [1.29, 1.82) is 0 Å². The molecular weight excluding hydrogens is 238 g/mol. The molecule has 0 amide bonds. The van der Waals surface area contributed by atoms with Gasteiger partial charge in [0.05, 0.1) is 11.7 Å². The second-order valence-corrected chi connectivity index (χ2v) is 6.24. The fraction of sp³-hybridized carbons (Fsp3) is 0.667. The summed E-state index contributed by atoms with van der Waals surface area (Å²) in [5, 5.41) is 0. The molecule has 2 N–H and O–H groups in total. The number of nitrogens with zero attached hydrogens (tertiary/aromatic N) is 2. The van der Waals surface area contributed by atoms with Gasteiger partial charge in [-0.3, -0.25) is 0 Å². The number of rotatable bonds is 2. The largest absolute Gasteiger partial charge is 0.367 e. The van der Waals surface area contributed by atoms with E-state index in [0.29, 0.717) is 6.54 Å². The number of pyridine rings is 1. The third-order valence-electron chi connectivity index (χ3n) is 3.98. The smallest absolute Gasteiger partial charge is 0.129 e. The van der Waals surface area contributed by atoms with Gasteiger partial charge in [-0.15, -0.1) is 0 Å². The summed E-state index contributed by atoms with van der Waals surface area (Å²) >= 11 is 0. The van der Waals surface area contributed by atoms with Crippen molar-refractivity contribution in [2.75, 3.05) is 24.5 Å². The average Bonchev–Trinajstić information content (AvgIpc) is 2.83. The van der Waals surface area contributed by atoms with Crippen LogP contribution in [0.1, 0.15) is 31.5 Å². The van der Waals surface area contributed by atoms with Crippen molar-refractivity contribution in [2.45, 2.75) is 44.8 Å². The minimum atomic E-state index is -0.164. The van der Waals surface area contributed by atoms with Crippen LogP contribution in [0, 0.1) is 0 Å². The van der Waals surface area contributed by atoms with E-state index in [9.17, 15) is 0 Å². The predicted molar refractivity (Wildman–Crippen MR) is 76.5 cm³/mol. The third kappa shape index (κ3) is 2.60. The van der Waals surface area contributed by atoms with Crippen LogP contribution in [0.15, 0.2) is 12.1 Å². The Balaban J connectivity index is 1.84. The zero-order chi connectivity index (χ0) is 13.5. The van der Waals surface area contributed by atoms with Crippen LogP contribution < -0.4 is 10.6 Å². The molecule has 3 rings (SSSR count). The summed E-state index contributed by atoms with van der Waals surface area (Å²) in [5.41, 5.74) is 8.33. The topological polar surface area (TPSA) is 51.4 Å². The average molecular weight is 261 g/mol. The maximum absolute atomic E-state index is 5.97. The number of nitrogens with two attached hydrogens (primary N) is 1. The van der Waals surface area contributed by atoms with Crippen LogP contribution in [0.4, 0.5) is 5.82 Å². The SMILES string of the molecule is CC1(C)CN(c2ccc3c(n2)CCC3)CC(CN)O1. The van der Waals surface area contributed by atoms with Crippen LogP contribution >= 0.6 is 0 Å². The molecule has 4 nitrogen and oxygen atoms in total. The van der Waals surface area contributed by atoms with E-state index >= 15 is 0 Å². The Kier molecular flexibility index (Phi) is 3.23. The van der Waals surface area contributed by atoms with Crippen molar-refractivity contribution in [1.82, 2.24) is 4.98 Å². The predicted octanol–water partition coefficient (Wildman–Crippen LogP) is 1.51. The summed E-state index contributed by atoms with van der Waals surface area (Å²) in [4.78, 5) is 7.16. The third-order valence-corrected chi connectivity index (χ3v) is 3.98. The molecular formula is C15H23N3O. The van der Waals surface area contributed by atoms with E-state index in [1.165, 1.54) is 24.1 Å². The Labute approximate surface area is 115 Å². The second kappa shape index (κ2) is 4.76. The zero-order valence-corrected chi connectivity index (χ0v) is 11.9. The van der Waals surface area contributed by atoms with Gasteiger partial charge in [0.2, 0.25) is 0 Å². The Morgan fingerprint density at radius 3 is 3.05 bits per heavy atom. The minimum Gasteiger partial charge on any atom is -0.367 e. The molecule has 104 valence electrons. The fourth-order valence-corrected chi connectivity index (χ4v) is 3.18. The second-order valence-electron chi connectivity index (χ2n) is 6.24. The van der Waals surface area contributed by atoms with Gasteiger partial charge in [-0.05, 0) is 44.7 Å². The molecule has 2 heterocycles. The summed E-state index contributed by atoms with van der Waals surface area (Å²) in [7, 11) is 0. The van der Waals surface area contributed by atoms with Crippen molar-refractivity contribution in [3.8, 4) is 0 Å². The highest BCUT2D eigenvalue weighted by molar-refractivity contribution is 5.44. The lowest BCUT2D eigenvalue weighted by Gasteiger charge is -2.43. The van der Waals surface area contributed by atoms with Gasteiger partial charge < -0.3 is 15.4 Å². The summed E-state index contributed by atoms with van der Waals surface area (Å²) in [6.45, 7) is 6.51. The van der Waals surface area contributed by atoms with Crippen LogP contribution in [0.2, 0.25) is 0 Å². The van der Waals surface area contributed by atoms with E-state index in [2.05, 4.69) is 30.9 Å². The molecule has 1 saturated heterocycles. The molecule has 1 unspecified atom stereocenters. The quantitative estimate of drug-likeness (QED) is 0.877. The lowest BCUT2D eigenvalue weighted by Crippen LogP contribution is -2.55. The molecule has 0 spiro atoms. The summed E-state index contributed by atoms with van der Waals surface area (Å²) in [5.74, 6) is 1.08. The number of fused-ring (bicyclic) bond motifs is 1. The van der Waals surface area contributed by atoms with Crippen molar-refractivity contribution in [2.24, 2.45) is 5.73 Å². The Morgan fingerprint density at radius 1 is 1.42 bits per heavy atom. The lowest BCUT2D eigenvalue weighted by molar-refractivity contribution is -0.0790. The number of anilines is 1. The van der Waals surface area contributed by atoms with Crippen LogP contribution in [-0.4, -0.2) is 36.3 Å². The summed E-state index contributed by atoms with van der Waals surface area (Å²) in [6, 6.07) is 4.39. The van der Waals surface area contributed by atoms with Crippen molar-refractivity contribution >= 4 is 5.82 Å². The number of hydrogen-bond acceptors (Lipinski definition) is 4. The van der Waals surface area contributed by atoms with Crippen LogP contribution in [0.25, 0.3) is 0 Å². The molecule has 1 aromatic heterocycles. The van der Waals surface area contributed by atoms with E-state index in [4.69, 9.17) is 15.5 Å². The van der Waals surface area contributed by atoms with Gasteiger partial charge >= 0.3 is 0 Å². The first-order valence-electron chi connectivity index (χ1n) is 7.19. The monoisotopic (exact) mass is 261 g/mol. The number of ether oxygens (including phenoxy) is 1. The lowest BCUT2D eigenvalue weighted by atomic mass is 10.0. The number of morpholine rings is 1. The normalized spacial score (nSPS) is 25.4. The Bertz CT molecular complexity index is 472. The van der Waals surface area contributed by atoms with Gasteiger partial charge in [-0.2, -0.15) is 0 Å². The fourth-order valence-electron chi connectivity index (χ4n) is 3.18. The van der Waals surface area contributed by atoms with Crippen LogP contribution in [0.5, 0.6) is 0 Å². The van der Waals surface area contributed by atoms with Crippen molar-refractivity contribution < 1.29 is 4.74 Å². The number of hydrogen-bond donors (Lipinski definition) is 1. The van der Waals surface area contributed by atoms with Gasteiger partial charge in [-0.25, -0.2) is 4.98 Å². The van der Waals surface area contributed by atoms with Crippen LogP contribution in [-0.2, 0) is 17.6 Å². The maximum atomic E-state index is 5.97. The summed E-state index contributed by atoms with van der Waals surface area (Å²) < 4.78 is 5.97. The number of aryl methyl sites for hydroxylation is 2. The van der Waals surface area contributed by atoms with E-state index in [0.717, 1.165) is 25.3 Å². The molecule has 0 radical (unpaired) electrons. The molecule has 0 saturated carbocycles. The maximum Gasteiger partial charge on any atom is 0.129 e. The van der Waals surface area contributed by atoms with E-state index in [1.807, 2.05) is 0 Å². The molecule has 4 heteroatoms. The standard InChI is InChI=1S/C15H23N3O/c1-15(2)10-18(9-12(8-16)19-15)14-7-6-11-4-3-5-13(11)17-14/h6-7,12H,3-5,8-10,16H2,1-2H3. The first-order valence-corrected chi connectivity index (χ1v) is 7.19. The van der Waals surface area contributed by atoms with Gasteiger partial charge in [0.15, 0.2) is 0 Å². The van der Waals surface area contributed by atoms with E-state index in [-0.39, 0.29) is 11.7 Å². The number of aromatic nitrogens is 1. The molecule has 1 atom stereocenters. The first-order chi connectivity index (χ1) is 9.07. The van der Waals surface area contributed by atoms with Gasteiger partial charge in [0.1, 0.15) is 5.82 Å². The summed E-state index contributed by atoms with van der Waals surface area (Å²) in [6.07, 6.45) is 3.64. The van der Waals surface area contributed by atoms with Crippen molar-refractivity contribution in [3.05, 3.63) is 23.4 Å². The molecule has 1 aliphatic heterocycles. The molecule has 1 fully saturated rings. The van der Waals surface area contributed by atoms with Gasteiger partial charge in [-0.1, -0.05) is 6.07 Å². The van der Waals surface area contributed by atoms with Crippen molar-refractivity contribution in [3.63, 3.8) is 0 Å². The first kappa shape index (κ1) is 12.9. The Hall–Kier alpha value is -1.13. The van der Waals surface area contributed by atoms with Gasteiger partial charge in [0.25, 0.3) is 0 Å². The van der Waals surface area contributed by atoms with E-state index < -0.39 is 0 Å². The van der Waals surface area contributed by atoms with Crippen LogP contribution in [0.3, 0.4) is 0 Å². The highest BCUT2D eigenvalue weighted by Gasteiger charge is 2.33. The molecule has 0 bridgehead atoms.